The Hall–Kier alpha value is -2.07. The molecule has 0 fully saturated rings. The van der Waals surface area contributed by atoms with Gasteiger partial charge in [0.25, 0.3) is 5.91 Å². The highest BCUT2D eigenvalue weighted by atomic mass is 35.5. The third-order valence-corrected chi connectivity index (χ3v) is 3.54. The maximum atomic E-state index is 12.1. The fraction of sp³-hybridized carbons (Fsp3) is 0.250. The zero-order valence-electron chi connectivity index (χ0n) is 12.2. The van der Waals surface area contributed by atoms with Crippen molar-refractivity contribution in [2.75, 3.05) is 6.54 Å². The molecule has 5 heteroatoms. The molecule has 110 valence electrons. The Bertz CT molecular complexity index is 659. The minimum Gasteiger partial charge on any atom is -0.348 e. The van der Waals surface area contributed by atoms with Crippen molar-refractivity contribution in [3.8, 4) is 0 Å². The number of amides is 1. The predicted octanol–water partition coefficient (Wildman–Crippen LogP) is 3.12. The van der Waals surface area contributed by atoms with Gasteiger partial charge in [0, 0.05) is 6.54 Å². The number of benzene rings is 1. The van der Waals surface area contributed by atoms with Gasteiger partial charge in [0.15, 0.2) is 0 Å². The number of nitrogens with one attached hydrogen (secondary N) is 1. The van der Waals surface area contributed by atoms with E-state index in [2.05, 4.69) is 17.0 Å². The second-order valence-corrected chi connectivity index (χ2v) is 5.25. The van der Waals surface area contributed by atoms with Crippen LogP contribution in [0.25, 0.3) is 0 Å². The number of hydrogen-bond donors (Lipinski definition) is 1. The van der Waals surface area contributed by atoms with E-state index in [1.165, 1.54) is 5.56 Å². The number of nitrogens with zero attached hydrogens (tertiary/aromatic N) is 2. The van der Waals surface area contributed by atoms with Crippen LogP contribution in [0.15, 0.2) is 36.9 Å². The Kier molecular flexibility index (Phi) is 4.81. The smallest absolute Gasteiger partial charge is 0.256 e. The molecule has 2 rings (SSSR count). The molecule has 0 spiro atoms. The van der Waals surface area contributed by atoms with E-state index < -0.39 is 0 Å². The van der Waals surface area contributed by atoms with Crippen LogP contribution in [0.5, 0.6) is 0 Å². The highest BCUT2D eigenvalue weighted by molar-refractivity contribution is 6.33. The molecule has 0 atom stereocenters. The second-order valence-electron chi connectivity index (χ2n) is 4.89. The quantitative estimate of drug-likeness (QED) is 0.863. The molecule has 0 aliphatic heterocycles. The molecule has 0 aliphatic rings. The summed E-state index contributed by atoms with van der Waals surface area (Å²) in [6.45, 7) is 8.32. The van der Waals surface area contributed by atoms with Gasteiger partial charge in [-0.1, -0.05) is 47.5 Å². The number of carbonyl (C=O) groups excluding carboxylic acids is 1. The van der Waals surface area contributed by atoms with Crippen LogP contribution in [-0.2, 0) is 6.54 Å². The lowest BCUT2D eigenvalue weighted by Crippen LogP contribution is -2.23. The highest BCUT2D eigenvalue weighted by Gasteiger charge is 2.19. The topological polar surface area (TPSA) is 46.9 Å². The Morgan fingerprint density at radius 2 is 2.05 bits per heavy atom. The van der Waals surface area contributed by atoms with Gasteiger partial charge in [-0.15, -0.1) is 6.58 Å². The third-order valence-electron chi connectivity index (χ3n) is 3.15. The minimum atomic E-state index is -0.229. The molecule has 0 saturated heterocycles. The summed E-state index contributed by atoms with van der Waals surface area (Å²) >= 11 is 6.30. The Balaban J connectivity index is 2.24. The maximum Gasteiger partial charge on any atom is 0.256 e. The van der Waals surface area contributed by atoms with Gasteiger partial charge in [-0.05, 0) is 19.4 Å². The van der Waals surface area contributed by atoms with E-state index in [4.69, 9.17) is 11.6 Å². The fourth-order valence-electron chi connectivity index (χ4n) is 2.04. The van der Waals surface area contributed by atoms with Crippen LogP contribution >= 0.6 is 11.6 Å². The molecule has 1 N–H and O–H groups in total. The Labute approximate surface area is 129 Å². The predicted molar refractivity (Wildman–Crippen MR) is 84.8 cm³/mol. The highest BCUT2D eigenvalue weighted by Crippen LogP contribution is 2.21. The van der Waals surface area contributed by atoms with E-state index >= 15 is 0 Å². The number of halogens is 1. The third kappa shape index (κ3) is 3.52. The molecule has 1 heterocycles. The first-order chi connectivity index (χ1) is 10.0. The lowest BCUT2D eigenvalue weighted by Gasteiger charge is -2.05. The van der Waals surface area contributed by atoms with E-state index in [0.29, 0.717) is 29.5 Å². The number of rotatable bonds is 5. The summed E-state index contributed by atoms with van der Waals surface area (Å²) < 4.78 is 1.64. The number of carbonyl (C=O) groups is 1. The lowest BCUT2D eigenvalue weighted by molar-refractivity contribution is 0.0957. The van der Waals surface area contributed by atoms with Gasteiger partial charge in [0.2, 0.25) is 0 Å². The van der Waals surface area contributed by atoms with Gasteiger partial charge in [0.1, 0.15) is 5.15 Å². The van der Waals surface area contributed by atoms with E-state index in [0.717, 1.165) is 5.56 Å². The van der Waals surface area contributed by atoms with E-state index in [9.17, 15) is 4.79 Å². The zero-order chi connectivity index (χ0) is 15.4. The van der Waals surface area contributed by atoms with Crippen molar-refractivity contribution in [1.82, 2.24) is 15.1 Å². The van der Waals surface area contributed by atoms with Gasteiger partial charge in [-0.3, -0.25) is 4.79 Å². The van der Waals surface area contributed by atoms with Crippen LogP contribution in [0, 0.1) is 13.8 Å². The van der Waals surface area contributed by atoms with E-state index in [1.54, 1.807) is 17.7 Å². The van der Waals surface area contributed by atoms with Crippen LogP contribution < -0.4 is 5.32 Å². The van der Waals surface area contributed by atoms with Crippen LogP contribution in [0.4, 0.5) is 0 Å². The molecular formula is C16H18ClN3O. The summed E-state index contributed by atoms with van der Waals surface area (Å²) in [4.78, 5) is 12.1. The lowest BCUT2D eigenvalue weighted by atomic mass is 10.1. The first-order valence-corrected chi connectivity index (χ1v) is 7.08. The largest absolute Gasteiger partial charge is 0.348 e. The molecule has 1 aromatic heterocycles. The standard InChI is InChI=1S/C16H18ClN3O/c1-4-9-18-16(21)14-12(3)19-20(15(14)17)10-13-7-5-11(2)6-8-13/h4-8H,1,9-10H2,2-3H3,(H,18,21). The molecule has 0 unspecified atom stereocenters. The zero-order valence-corrected chi connectivity index (χ0v) is 12.9. The first kappa shape index (κ1) is 15.3. The molecular weight excluding hydrogens is 286 g/mol. The SMILES string of the molecule is C=CCNC(=O)c1c(C)nn(Cc2ccc(C)cc2)c1Cl. The molecule has 1 aromatic carbocycles. The van der Waals surface area contributed by atoms with Crippen LogP contribution in [-0.4, -0.2) is 22.2 Å². The average Bonchev–Trinajstić information content (AvgIpc) is 2.73. The summed E-state index contributed by atoms with van der Waals surface area (Å²) in [7, 11) is 0. The summed E-state index contributed by atoms with van der Waals surface area (Å²) in [6.07, 6.45) is 1.62. The van der Waals surface area contributed by atoms with Gasteiger partial charge >= 0.3 is 0 Å². The molecule has 0 bridgehead atoms. The molecule has 0 radical (unpaired) electrons. The molecule has 1 amide bonds. The van der Waals surface area contributed by atoms with Gasteiger partial charge in [-0.25, -0.2) is 4.68 Å². The van der Waals surface area contributed by atoms with Gasteiger partial charge < -0.3 is 5.32 Å². The minimum absolute atomic E-state index is 0.229. The monoisotopic (exact) mass is 303 g/mol. The number of aryl methyl sites for hydroxylation is 2. The van der Waals surface area contributed by atoms with E-state index in [-0.39, 0.29) is 5.91 Å². The molecule has 4 nitrogen and oxygen atoms in total. The second kappa shape index (κ2) is 6.59. The Morgan fingerprint density at radius 1 is 1.38 bits per heavy atom. The maximum absolute atomic E-state index is 12.1. The summed E-state index contributed by atoms with van der Waals surface area (Å²) in [6, 6.07) is 8.13. The Morgan fingerprint density at radius 3 is 2.67 bits per heavy atom. The van der Waals surface area contributed by atoms with Gasteiger partial charge in [-0.2, -0.15) is 5.10 Å². The van der Waals surface area contributed by atoms with Crippen molar-refractivity contribution in [3.63, 3.8) is 0 Å². The van der Waals surface area contributed by atoms with Crippen LogP contribution in [0.2, 0.25) is 5.15 Å². The van der Waals surface area contributed by atoms with Crippen molar-refractivity contribution in [3.05, 3.63) is 64.5 Å². The van der Waals surface area contributed by atoms with Crippen molar-refractivity contribution >= 4 is 17.5 Å². The average molecular weight is 304 g/mol. The number of hydrogen-bond acceptors (Lipinski definition) is 2. The first-order valence-electron chi connectivity index (χ1n) is 6.70. The van der Waals surface area contributed by atoms with Crippen molar-refractivity contribution < 1.29 is 4.79 Å². The van der Waals surface area contributed by atoms with Crippen LogP contribution in [0.3, 0.4) is 0 Å². The molecule has 0 aliphatic carbocycles. The van der Waals surface area contributed by atoms with Crippen molar-refractivity contribution in [1.29, 1.82) is 0 Å². The van der Waals surface area contributed by atoms with Gasteiger partial charge in [0.05, 0.1) is 17.8 Å². The summed E-state index contributed by atoms with van der Waals surface area (Å²) in [5.41, 5.74) is 3.33. The molecule has 0 saturated carbocycles. The normalized spacial score (nSPS) is 10.4. The molecule has 21 heavy (non-hydrogen) atoms. The molecule has 2 aromatic rings. The van der Waals surface area contributed by atoms with Crippen molar-refractivity contribution in [2.45, 2.75) is 20.4 Å². The van der Waals surface area contributed by atoms with E-state index in [1.807, 2.05) is 31.2 Å². The van der Waals surface area contributed by atoms with Crippen LogP contribution in [0.1, 0.15) is 27.2 Å². The summed E-state index contributed by atoms with van der Waals surface area (Å²) in [5, 5.41) is 7.43. The summed E-state index contributed by atoms with van der Waals surface area (Å²) in [5.74, 6) is -0.229. The van der Waals surface area contributed by atoms with Crippen molar-refractivity contribution in [2.24, 2.45) is 0 Å². The fourth-order valence-corrected chi connectivity index (χ4v) is 2.36. The number of aromatic nitrogens is 2.